The summed E-state index contributed by atoms with van der Waals surface area (Å²) in [6.07, 6.45) is 8.67. The molecule has 0 heterocycles. The number of carbonyl (C=O) groups is 2. The average Bonchev–Trinajstić information content (AvgIpc) is 3.09. The van der Waals surface area contributed by atoms with Crippen LogP contribution in [0.1, 0.15) is 51.4 Å². The van der Waals surface area contributed by atoms with Crippen molar-refractivity contribution >= 4 is 11.9 Å². The molecule has 5 heteroatoms. The molecule has 0 unspecified atom stereocenters. The predicted molar refractivity (Wildman–Crippen MR) is 71.8 cm³/mol. The standard InChI is InChI=1S/C15H22O5/c1-18-10-13(14(16)19-11-6-2-3-7-11)15(17)20-12-8-4-5-9-12/h10-12H,2-9H2,1H3. The van der Waals surface area contributed by atoms with E-state index in [1.165, 1.54) is 7.11 Å². The van der Waals surface area contributed by atoms with Gasteiger partial charge in [0, 0.05) is 0 Å². The van der Waals surface area contributed by atoms with Gasteiger partial charge in [0.1, 0.15) is 18.5 Å². The molecule has 5 nitrogen and oxygen atoms in total. The molecule has 2 aliphatic carbocycles. The Morgan fingerprint density at radius 2 is 1.25 bits per heavy atom. The lowest BCUT2D eigenvalue weighted by Crippen LogP contribution is -2.25. The van der Waals surface area contributed by atoms with Crippen molar-refractivity contribution in [2.45, 2.75) is 63.6 Å². The second kappa shape index (κ2) is 7.31. The first-order valence-electron chi connectivity index (χ1n) is 7.35. The van der Waals surface area contributed by atoms with Gasteiger partial charge in [-0.1, -0.05) is 0 Å². The summed E-state index contributed by atoms with van der Waals surface area (Å²) in [7, 11) is 1.39. The minimum Gasteiger partial charge on any atom is -0.503 e. The minimum atomic E-state index is -0.637. The van der Waals surface area contributed by atoms with Crippen LogP contribution in [0.4, 0.5) is 0 Å². The van der Waals surface area contributed by atoms with Crippen molar-refractivity contribution < 1.29 is 23.8 Å². The van der Waals surface area contributed by atoms with E-state index in [4.69, 9.17) is 14.2 Å². The molecule has 0 radical (unpaired) electrons. The molecule has 2 rings (SSSR count). The van der Waals surface area contributed by atoms with E-state index in [1.54, 1.807) is 0 Å². The third-order valence-corrected chi connectivity index (χ3v) is 3.83. The second-order valence-electron chi connectivity index (χ2n) is 5.39. The van der Waals surface area contributed by atoms with Crippen LogP contribution in [0.5, 0.6) is 0 Å². The van der Waals surface area contributed by atoms with Crippen LogP contribution in [0, 0.1) is 0 Å². The molecule has 20 heavy (non-hydrogen) atoms. The molecule has 112 valence electrons. The highest BCUT2D eigenvalue weighted by atomic mass is 16.6. The fourth-order valence-corrected chi connectivity index (χ4v) is 2.74. The maximum absolute atomic E-state index is 12.0. The van der Waals surface area contributed by atoms with Crippen LogP contribution in [-0.4, -0.2) is 31.3 Å². The van der Waals surface area contributed by atoms with Crippen molar-refractivity contribution in [1.82, 2.24) is 0 Å². The third kappa shape index (κ3) is 3.99. The Balaban J connectivity index is 1.92. The van der Waals surface area contributed by atoms with Crippen molar-refractivity contribution in [3.63, 3.8) is 0 Å². The van der Waals surface area contributed by atoms with Crippen molar-refractivity contribution in [3.8, 4) is 0 Å². The van der Waals surface area contributed by atoms with Crippen LogP contribution in [0.2, 0.25) is 0 Å². The van der Waals surface area contributed by atoms with E-state index in [-0.39, 0.29) is 17.8 Å². The van der Waals surface area contributed by atoms with Crippen molar-refractivity contribution in [1.29, 1.82) is 0 Å². The van der Waals surface area contributed by atoms with E-state index < -0.39 is 11.9 Å². The lowest BCUT2D eigenvalue weighted by molar-refractivity contribution is -0.152. The van der Waals surface area contributed by atoms with Gasteiger partial charge in [0.05, 0.1) is 7.11 Å². The van der Waals surface area contributed by atoms with Crippen LogP contribution < -0.4 is 0 Å². The zero-order valence-corrected chi connectivity index (χ0v) is 11.9. The number of methoxy groups -OCH3 is 1. The van der Waals surface area contributed by atoms with Crippen molar-refractivity contribution in [2.24, 2.45) is 0 Å². The molecule has 0 atom stereocenters. The lowest BCUT2D eigenvalue weighted by Gasteiger charge is -2.15. The van der Waals surface area contributed by atoms with Gasteiger partial charge in [-0.15, -0.1) is 0 Å². The van der Waals surface area contributed by atoms with Crippen molar-refractivity contribution in [3.05, 3.63) is 11.8 Å². The Bertz CT molecular complexity index is 344. The Kier molecular flexibility index (Phi) is 5.44. The van der Waals surface area contributed by atoms with Gasteiger partial charge in [0.2, 0.25) is 0 Å². The summed E-state index contributed by atoms with van der Waals surface area (Å²) in [6.45, 7) is 0. The van der Waals surface area contributed by atoms with E-state index in [9.17, 15) is 9.59 Å². The Morgan fingerprint density at radius 3 is 1.60 bits per heavy atom. The first-order valence-corrected chi connectivity index (χ1v) is 7.35. The smallest absolute Gasteiger partial charge is 0.349 e. The van der Waals surface area contributed by atoms with Gasteiger partial charge in [-0.3, -0.25) is 0 Å². The Labute approximate surface area is 119 Å². The lowest BCUT2D eigenvalue weighted by atomic mass is 10.2. The summed E-state index contributed by atoms with van der Waals surface area (Å²) in [4.78, 5) is 24.1. The molecule has 0 aromatic rings. The van der Waals surface area contributed by atoms with Crippen LogP contribution >= 0.6 is 0 Å². The zero-order valence-electron chi connectivity index (χ0n) is 11.9. The topological polar surface area (TPSA) is 61.8 Å². The van der Waals surface area contributed by atoms with E-state index in [0.29, 0.717) is 0 Å². The molecule has 0 aliphatic heterocycles. The van der Waals surface area contributed by atoms with Crippen molar-refractivity contribution in [2.75, 3.05) is 7.11 Å². The van der Waals surface area contributed by atoms with Crippen LogP contribution in [0.15, 0.2) is 11.8 Å². The second-order valence-corrected chi connectivity index (χ2v) is 5.39. The number of esters is 2. The molecule has 0 aromatic carbocycles. The fraction of sp³-hybridized carbons (Fsp3) is 0.733. The molecule has 2 aliphatic rings. The van der Waals surface area contributed by atoms with Gasteiger partial charge in [-0.05, 0) is 51.4 Å². The van der Waals surface area contributed by atoms with Crippen LogP contribution in [-0.2, 0) is 23.8 Å². The van der Waals surface area contributed by atoms with Gasteiger partial charge in [0.15, 0.2) is 5.57 Å². The van der Waals surface area contributed by atoms with E-state index >= 15 is 0 Å². The highest BCUT2D eigenvalue weighted by Gasteiger charge is 2.29. The first kappa shape index (κ1) is 14.9. The van der Waals surface area contributed by atoms with Gasteiger partial charge in [0.25, 0.3) is 0 Å². The molecular formula is C15H22O5. The number of hydrogen-bond donors (Lipinski definition) is 0. The molecule has 0 spiro atoms. The SMILES string of the molecule is COC=C(C(=O)OC1CCCC1)C(=O)OC1CCCC1. The largest absolute Gasteiger partial charge is 0.503 e. The molecule has 0 N–H and O–H groups in total. The maximum Gasteiger partial charge on any atom is 0.349 e. The average molecular weight is 282 g/mol. The number of carbonyl (C=O) groups excluding carboxylic acids is 2. The highest BCUT2D eigenvalue weighted by Crippen LogP contribution is 2.24. The van der Waals surface area contributed by atoms with Crippen LogP contribution in [0.25, 0.3) is 0 Å². The number of ether oxygens (including phenoxy) is 3. The molecule has 0 bridgehead atoms. The molecule has 2 fully saturated rings. The third-order valence-electron chi connectivity index (χ3n) is 3.83. The van der Waals surface area contributed by atoms with Gasteiger partial charge in [-0.2, -0.15) is 0 Å². The predicted octanol–water partition coefficient (Wildman–Crippen LogP) is 2.49. The van der Waals surface area contributed by atoms with E-state index in [0.717, 1.165) is 57.6 Å². The van der Waals surface area contributed by atoms with Gasteiger partial charge < -0.3 is 14.2 Å². The molecule has 0 aromatic heterocycles. The zero-order chi connectivity index (χ0) is 14.4. The van der Waals surface area contributed by atoms with E-state index in [1.807, 2.05) is 0 Å². The summed E-state index contributed by atoms with van der Waals surface area (Å²) < 4.78 is 15.5. The minimum absolute atomic E-state index is 0.0814. The van der Waals surface area contributed by atoms with Crippen LogP contribution in [0.3, 0.4) is 0 Å². The first-order chi connectivity index (χ1) is 9.70. The monoisotopic (exact) mass is 282 g/mol. The van der Waals surface area contributed by atoms with Gasteiger partial charge >= 0.3 is 11.9 Å². The fourth-order valence-electron chi connectivity index (χ4n) is 2.74. The Morgan fingerprint density at radius 1 is 0.850 bits per heavy atom. The summed E-state index contributed by atoms with van der Waals surface area (Å²) in [6, 6.07) is 0. The highest BCUT2D eigenvalue weighted by molar-refractivity contribution is 6.13. The molecule has 0 amide bonds. The summed E-state index contributed by atoms with van der Waals surface area (Å²) in [5.41, 5.74) is -0.147. The molecule has 0 saturated heterocycles. The normalized spacial score (nSPS) is 19.6. The maximum atomic E-state index is 12.0. The summed E-state index contributed by atoms with van der Waals surface area (Å²) in [5, 5.41) is 0. The van der Waals surface area contributed by atoms with Gasteiger partial charge in [-0.25, -0.2) is 9.59 Å². The molecular weight excluding hydrogens is 260 g/mol. The quantitative estimate of drug-likeness (QED) is 0.255. The number of rotatable bonds is 5. The number of hydrogen-bond acceptors (Lipinski definition) is 5. The summed E-state index contributed by atoms with van der Waals surface area (Å²) >= 11 is 0. The van der Waals surface area contributed by atoms with E-state index in [2.05, 4.69) is 0 Å². The molecule has 2 saturated carbocycles. The Hall–Kier alpha value is -1.52. The summed E-state index contributed by atoms with van der Waals surface area (Å²) in [5.74, 6) is -1.27.